The van der Waals surface area contributed by atoms with Gasteiger partial charge in [-0.3, -0.25) is 13.9 Å². The van der Waals surface area contributed by atoms with E-state index in [0.29, 0.717) is 23.6 Å². The number of carbonyl (C=O) groups is 2. The largest absolute Gasteiger partial charge is 0.352 e. The van der Waals surface area contributed by atoms with Crippen molar-refractivity contribution in [3.63, 3.8) is 0 Å². The Labute approximate surface area is 232 Å². The van der Waals surface area contributed by atoms with Crippen LogP contribution in [0.15, 0.2) is 42.5 Å². The third kappa shape index (κ3) is 7.96. The molecule has 1 aliphatic rings. The van der Waals surface area contributed by atoms with Crippen LogP contribution in [0.1, 0.15) is 68.6 Å². The van der Waals surface area contributed by atoms with Gasteiger partial charge in [-0.05, 0) is 74.4 Å². The van der Waals surface area contributed by atoms with Crippen LogP contribution >= 0.6 is 11.6 Å². The zero-order chi connectivity index (χ0) is 27.9. The van der Waals surface area contributed by atoms with Crippen LogP contribution in [-0.2, 0) is 26.2 Å². The Morgan fingerprint density at radius 2 is 1.74 bits per heavy atom. The molecule has 0 spiro atoms. The van der Waals surface area contributed by atoms with E-state index in [0.717, 1.165) is 42.4 Å². The van der Waals surface area contributed by atoms with Crippen LogP contribution in [0.3, 0.4) is 0 Å². The average Bonchev–Trinajstić information content (AvgIpc) is 3.37. The van der Waals surface area contributed by atoms with E-state index in [9.17, 15) is 18.0 Å². The first-order valence-electron chi connectivity index (χ1n) is 13.4. The molecule has 7 nitrogen and oxygen atoms in total. The van der Waals surface area contributed by atoms with Crippen molar-refractivity contribution in [2.75, 3.05) is 17.1 Å². The molecule has 2 aromatic rings. The van der Waals surface area contributed by atoms with Gasteiger partial charge in [0.2, 0.25) is 21.8 Å². The number of carbonyl (C=O) groups excluding carboxylic acids is 2. The topological polar surface area (TPSA) is 86.8 Å². The van der Waals surface area contributed by atoms with E-state index in [1.54, 1.807) is 23.1 Å². The maximum atomic E-state index is 13.6. The van der Waals surface area contributed by atoms with Crippen LogP contribution in [0, 0.1) is 13.8 Å². The minimum Gasteiger partial charge on any atom is -0.352 e. The van der Waals surface area contributed by atoms with Crippen LogP contribution in [0.5, 0.6) is 0 Å². The van der Waals surface area contributed by atoms with Gasteiger partial charge in [-0.1, -0.05) is 55.6 Å². The molecule has 2 amide bonds. The smallest absolute Gasteiger partial charge is 0.243 e. The van der Waals surface area contributed by atoms with Crippen molar-refractivity contribution in [2.24, 2.45) is 0 Å². The minimum atomic E-state index is -3.54. The van der Waals surface area contributed by atoms with Gasteiger partial charge in [0.25, 0.3) is 0 Å². The van der Waals surface area contributed by atoms with Crippen LogP contribution < -0.4 is 9.62 Å². The number of halogens is 1. The number of amides is 2. The lowest BCUT2D eigenvalue weighted by Crippen LogP contribution is -2.51. The average molecular weight is 562 g/mol. The lowest BCUT2D eigenvalue weighted by atomic mass is 10.1. The van der Waals surface area contributed by atoms with Gasteiger partial charge in [0, 0.05) is 30.6 Å². The summed E-state index contributed by atoms with van der Waals surface area (Å²) in [7, 11) is -3.54. The summed E-state index contributed by atoms with van der Waals surface area (Å²) in [6.07, 6.45) is 6.26. The molecule has 208 valence electrons. The molecule has 1 aliphatic carbocycles. The van der Waals surface area contributed by atoms with Crippen molar-refractivity contribution in [3.05, 3.63) is 64.2 Å². The van der Waals surface area contributed by atoms with E-state index in [-0.39, 0.29) is 37.4 Å². The number of benzene rings is 2. The molecule has 9 heteroatoms. The minimum absolute atomic E-state index is 0.123. The summed E-state index contributed by atoms with van der Waals surface area (Å²) < 4.78 is 26.7. The van der Waals surface area contributed by atoms with Crippen molar-refractivity contribution in [2.45, 2.75) is 84.3 Å². The molecule has 1 saturated carbocycles. The summed E-state index contributed by atoms with van der Waals surface area (Å²) in [6, 6.07) is 12.4. The van der Waals surface area contributed by atoms with Crippen LogP contribution in [0.4, 0.5) is 5.69 Å². The molecular formula is C29H40ClN3O4S. The number of anilines is 1. The SMILES string of the molecule is CC[C@@H](C(=O)NC1CCCC1)N(Cc1ccc(Cl)cc1)C(=O)CCCN(c1cccc(C)c1C)S(C)(=O)=O. The normalized spacial score (nSPS) is 14.8. The molecule has 38 heavy (non-hydrogen) atoms. The van der Waals surface area contributed by atoms with E-state index in [1.165, 1.54) is 10.6 Å². The second-order valence-corrected chi connectivity index (χ2v) is 12.6. The van der Waals surface area contributed by atoms with Gasteiger partial charge in [0.15, 0.2) is 0 Å². The Morgan fingerprint density at radius 3 is 2.34 bits per heavy atom. The predicted molar refractivity (Wildman–Crippen MR) is 154 cm³/mol. The summed E-state index contributed by atoms with van der Waals surface area (Å²) in [5, 5.41) is 3.75. The Morgan fingerprint density at radius 1 is 1.08 bits per heavy atom. The fourth-order valence-corrected chi connectivity index (χ4v) is 6.20. The standard InChI is InChI=1S/C29H40ClN3O4S/c1-5-26(29(35)31-25-11-6-7-12-25)32(20-23-15-17-24(30)18-16-23)28(34)14-9-19-33(38(4,36)37)27-13-8-10-21(2)22(27)3/h8,10,13,15-18,25-26H,5-7,9,11-12,14,19-20H2,1-4H3,(H,31,35)/t26-/m0/s1. The fraction of sp³-hybridized carbons (Fsp3) is 0.517. The Bertz CT molecular complexity index is 1210. The molecule has 3 rings (SSSR count). The molecule has 0 aromatic heterocycles. The highest BCUT2D eigenvalue weighted by Crippen LogP contribution is 2.26. The highest BCUT2D eigenvalue weighted by Gasteiger charge is 2.31. The number of rotatable bonds is 12. The molecule has 0 saturated heterocycles. The summed E-state index contributed by atoms with van der Waals surface area (Å²) in [5.41, 5.74) is 3.40. The molecule has 0 heterocycles. The van der Waals surface area contributed by atoms with E-state index in [2.05, 4.69) is 5.32 Å². The third-order valence-corrected chi connectivity index (χ3v) is 8.78. The zero-order valence-corrected chi connectivity index (χ0v) is 24.4. The fourth-order valence-electron chi connectivity index (χ4n) is 5.06. The molecule has 1 atom stereocenters. The van der Waals surface area contributed by atoms with E-state index >= 15 is 0 Å². The molecule has 2 aromatic carbocycles. The monoisotopic (exact) mass is 561 g/mol. The number of hydrogen-bond acceptors (Lipinski definition) is 4. The van der Waals surface area contributed by atoms with Crippen molar-refractivity contribution in [1.82, 2.24) is 10.2 Å². The quantitative estimate of drug-likeness (QED) is 0.377. The third-order valence-electron chi connectivity index (χ3n) is 7.35. The summed E-state index contributed by atoms with van der Waals surface area (Å²) in [5.74, 6) is -0.308. The highest BCUT2D eigenvalue weighted by molar-refractivity contribution is 7.92. The first-order valence-corrected chi connectivity index (χ1v) is 15.6. The molecule has 0 radical (unpaired) electrons. The Kier molecular flexibility index (Phi) is 10.6. The van der Waals surface area contributed by atoms with Gasteiger partial charge < -0.3 is 10.2 Å². The van der Waals surface area contributed by atoms with Crippen molar-refractivity contribution in [1.29, 1.82) is 0 Å². The zero-order valence-electron chi connectivity index (χ0n) is 22.9. The summed E-state index contributed by atoms with van der Waals surface area (Å²) in [6.45, 7) is 6.21. The molecular weight excluding hydrogens is 522 g/mol. The van der Waals surface area contributed by atoms with Crippen LogP contribution in [0.25, 0.3) is 0 Å². The van der Waals surface area contributed by atoms with Gasteiger partial charge in [0.05, 0.1) is 11.9 Å². The summed E-state index contributed by atoms with van der Waals surface area (Å²) >= 11 is 6.05. The van der Waals surface area contributed by atoms with Crippen LogP contribution in [-0.4, -0.2) is 50.0 Å². The van der Waals surface area contributed by atoms with Gasteiger partial charge >= 0.3 is 0 Å². The van der Waals surface area contributed by atoms with E-state index < -0.39 is 16.1 Å². The second kappa shape index (κ2) is 13.5. The summed E-state index contributed by atoms with van der Waals surface area (Å²) in [4.78, 5) is 28.5. The maximum absolute atomic E-state index is 13.6. The first-order chi connectivity index (χ1) is 18.0. The van der Waals surface area contributed by atoms with Gasteiger partial charge in [-0.25, -0.2) is 8.42 Å². The number of hydrogen-bond donors (Lipinski definition) is 1. The number of aryl methyl sites for hydroxylation is 1. The van der Waals surface area contributed by atoms with Crippen molar-refractivity contribution >= 4 is 39.1 Å². The molecule has 1 N–H and O–H groups in total. The van der Waals surface area contributed by atoms with E-state index in [4.69, 9.17) is 11.6 Å². The number of nitrogens with one attached hydrogen (secondary N) is 1. The Balaban J connectivity index is 1.77. The number of sulfonamides is 1. The lowest BCUT2D eigenvalue weighted by Gasteiger charge is -2.32. The Hall–Kier alpha value is -2.58. The van der Waals surface area contributed by atoms with Crippen LogP contribution in [0.2, 0.25) is 5.02 Å². The molecule has 0 aliphatic heterocycles. The highest BCUT2D eigenvalue weighted by atomic mass is 35.5. The van der Waals surface area contributed by atoms with E-state index in [1.807, 2.05) is 45.0 Å². The lowest BCUT2D eigenvalue weighted by molar-refractivity contribution is -0.141. The first kappa shape index (κ1) is 30.0. The van der Waals surface area contributed by atoms with Gasteiger partial charge in [0.1, 0.15) is 6.04 Å². The van der Waals surface area contributed by atoms with Crippen molar-refractivity contribution < 1.29 is 18.0 Å². The number of nitrogens with zero attached hydrogens (tertiary/aromatic N) is 2. The maximum Gasteiger partial charge on any atom is 0.243 e. The van der Waals surface area contributed by atoms with Crippen molar-refractivity contribution in [3.8, 4) is 0 Å². The molecule has 0 bridgehead atoms. The van der Waals surface area contributed by atoms with Gasteiger partial charge in [-0.15, -0.1) is 0 Å². The molecule has 1 fully saturated rings. The predicted octanol–water partition coefficient (Wildman–Crippen LogP) is 5.37. The molecule has 0 unspecified atom stereocenters. The van der Waals surface area contributed by atoms with Gasteiger partial charge in [-0.2, -0.15) is 0 Å². The second-order valence-electron chi connectivity index (χ2n) is 10.2.